The van der Waals surface area contributed by atoms with Gasteiger partial charge in [-0.25, -0.2) is 0 Å². The molecule has 1 fully saturated rings. The average Bonchev–Trinajstić information content (AvgIpc) is 3.11. The molecule has 0 saturated carbocycles. The molecular formula is C36H50N8O8. The first-order valence-electron chi connectivity index (χ1n) is 17.4. The quantitative estimate of drug-likeness (QED) is 0.131. The molecule has 0 unspecified atom stereocenters. The van der Waals surface area contributed by atoms with E-state index in [-0.39, 0.29) is 37.4 Å². The zero-order valence-electron chi connectivity index (χ0n) is 29.5. The number of nitrogens with one attached hydrogen (secondary N) is 7. The molecule has 1 aliphatic heterocycles. The molecule has 2 aromatic carbocycles. The van der Waals surface area contributed by atoms with Gasteiger partial charge >= 0.3 is 0 Å². The number of hydrogen-bond donors (Lipinski definition) is 9. The number of nitrogens with two attached hydrogens (primary N) is 1. The minimum atomic E-state index is -1.21. The highest BCUT2D eigenvalue weighted by Crippen LogP contribution is 2.13. The minimum Gasteiger partial charge on any atom is -0.508 e. The number of carbonyl (C=O) groups excluding carboxylic acids is 7. The van der Waals surface area contributed by atoms with Crippen LogP contribution in [0.4, 0.5) is 0 Å². The molecule has 0 aliphatic carbocycles. The third kappa shape index (κ3) is 14.4. The van der Waals surface area contributed by atoms with Crippen LogP contribution in [0.15, 0.2) is 54.6 Å². The summed E-state index contributed by atoms with van der Waals surface area (Å²) < 4.78 is 0. The molecule has 1 aliphatic rings. The predicted molar refractivity (Wildman–Crippen MR) is 191 cm³/mol. The van der Waals surface area contributed by atoms with Crippen molar-refractivity contribution in [2.45, 2.75) is 76.5 Å². The number of aromatic hydroxyl groups is 1. The van der Waals surface area contributed by atoms with E-state index >= 15 is 0 Å². The van der Waals surface area contributed by atoms with Gasteiger partial charge in [0, 0.05) is 12.8 Å². The summed E-state index contributed by atoms with van der Waals surface area (Å²) in [6.07, 6.45) is 1.47. The van der Waals surface area contributed by atoms with Crippen LogP contribution in [0.1, 0.15) is 50.7 Å². The molecule has 10 N–H and O–H groups in total. The molecule has 1 heterocycles. The van der Waals surface area contributed by atoms with E-state index in [9.17, 15) is 38.7 Å². The number of phenols is 1. The zero-order chi connectivity index (χ0) is 38.0. The van der Waals surface area contributed by atoms with Crippen LogP contribution in [0, 0.1) is 5.92 Å². The summed E-state index contributed by atoms with van der Waals surface area (Å²) in [7, 11) is 0. The van der Waals surface area contributed by atoms with Gasteiger partial charge in [-0.1, -0.05) is 56.3 Å². The van der Waals surface area contributed by atoms with E-state index in [1.54, 1.807) is 42.5 Å². The molecule has 7 amide bonds. The van der Waals surface area contributed by atoms with Crippen molar-refractivity contribution >= 4 is 41.4 Å². The van der Waals surface area contributed by atoms with Gasteiger partial charge in [0.05, 0.1) is 19.6 Å². The van der Waals surface area contributed by atoms with Crippen LogP contribution in [0.25, 0.3) is 0 Å². The number of amides is 7. The second-order valence-electron chi connectivity index (χ2n) is 13.0. The standard InChI is InChI=1S/C36H50N8O8/c1-22(2)16-27-33(49)40-21-32(48)41-26(10-6-7-15-37)35(51)44-28(18-24-11-13-25(45)14-12-24)34(50)39-19-30(46)38-20-31(47)42-29(36(52)43-27)17-23-8-4-3-5-9-23/h3-5,8-9,11-14,22,26-29,45H,6-7,10,15-21,37H2,1-2H3,(H,38,46)(H,39,50)(H,40,49)(H,41,48)(H,42,47)(H,43,52)(H,44,51)/t26-,27-,28-,29-/m0/s1. The Balaban J connectivity index is 1.90. The van der Waals surface area contributed by atoms with Gasteiger partial charge in [-0.2, -0.15) is 0 Å². The summed E-state index contributed by atoms with van der Waals surface area (Å²) in [5.41, 5.74) is 6.96. The van der Waals surface area contributed by atoms with Crippen LogP contribution >= 0.6 is 0 Å². The lowest BCUT2D eigenvalue weighted by Gasteiger charge is -2.25. The van der Waals surface area contributed by atoms with E-state index in [0.717, 1.165) is 5.56 Å². The van der Waals surface area contributed by atoms with Crippen molar-refractivity contribution in [1.29, 1.82) is 0 Å². The van der Waals surface area contributed by atoms with Crippen LogP contribution in [0.2, 0.25) is 0 Å². The van der Waals surface area contributed by atoms with Crippen LogP contribution in [0.5, 0.6) is 5.75 Å². The SMILES string of the molecule is CC(C)C[C@@H]1NC(=O)[C@H](Cc2ccccc2)NC(=O)CNC(=O)CNC(=O)[C@H](Cc2ccc(O)cc2)NC(=O)[C@H](CCCCN)NC(=O)CNC1=O. The number of hydrogen-bond acceptors (Lipinski definition) is 9. The molecule has 4 atom stereocenters. The van der Waals surface area contributed by atoms with Crippen LogP contribution in [-0.2, 0) is 46.4 Å². The van der Waals surface area contributed by atoms with Crippen LogP contribution < -0.4 is 43.0 Å². The zero-order valence-corrected chi connectivity index (χ0v) is 29.5. The van der Waals surface area contributed by atoms with Crippen molar-refractivity contribution in [2.24, 2.45) is 11.7 Å². The molecule has 0 spiro atoms. The molecule has 52 heavy (non-hydrogen) atoms. The summed E-state index contributed by atoms with van der Waals surface area (Å²) >= 11 is 0. The van der Waals surface area contributed by atoms with E-state index in [1.165, 1.54) is 12.1 Å². The molecule has 0 radical (unpaired) electrons. The van der Waals surface area contributed by atoms with Gasteiger partial charge < -0.3 is 48.1 Å². The Morgan fingerprint density at radius 2 is 1.10 bits per heavy atom. The van der Waals surface area contributed by atoms with Crippen LogP contribution in [-0.4, -0.2) is 96.8 Å². The van der Waals surface area contributed by atoms with Gasteiger partial charge in [-0.15, -0.1) is 0 Å². The van der Waals surface area contributed by atoms with E-state index in [2.05, 4.69) is 37.2 Å². The molecule has 282 valence electrons. The first-order valence-corrected chi connectivity index (χ1v) is 17.4. The average molecular weight is 723 g/mol. The first-order chi connectivity index (χ1) is 24.8. The number of rotatable bonds is 10. The maximum atomic E-state index is 13.6. The van der Waals surface area contributed by atoms with Crippen LogP contribution in [0.3, 0.4) is 0 Å². The fourth-order valence-electron chi connectivity index (χ4n) is 5.46. The third-order valence-electron chi connectivity index (χ3n) is 8.17. The summed E-state index contributed by atoms with van der Waals surface area (Å²) in [5, 5.41) is 27.7. The highest BCUT2D eigenvalue weighted by Gasteiger charge is 2.30. The molecule has 0 bridgehead atoms. The minimum absolute atomic E-state index is 0.00157. The molecule has 0 aromatic heterocycles. The van der Waals surface area contributed by atoms with Gasteiger partial charge in [0.25, 0.3) is 0 Å². The summed E-state index contributed by atoms with van der Waals surface area (Å²) in [6.45, 7) is 2.49. The maximum absolute atomic E-state index is 13.6. The highest BCUT2D eigenvalue weighted by molar-refractivity contribution is 5.96. The Labute approximate surface area is 302 Å². The van der Waals surface area contributed by atoms with Crippen molar-refractivity contribution in [3.05, 3.63) is 65.7 Å². The predicted octanol–water partition coefficient (Wildman–Crippen LogP) is -1.35. The summed E-state index contributed by atoms with van der Waals surface area (Å²) in [5.74, 6) is -4.83. The molecule has 16 nitrogen and oxygen atoms in total. The van der Waals surface area contributed by atoms with E-state index in [1.807, 2.05) is 13.8 Å². The molecule has 3 rings (SSSR count). The van der Waals surface area contributed by atoms with Gasteiger partial charge in [0.2, 0.25) is 41.4 Å². The Kier molecular flexibility index (Phi) is 16.5. The van der Waals surface area contributed by atoms with Crippen molar-refractivity contribution in [2.75, 3.05) is 26.2 Å². The fourth-order valence-corrected chi connectivity index (χ4v) is 5.46. The lowest BCUT2D eigenvalue weighted by Crippen LogP contribution is -2.57. The monoisotopic (exact) mass is 722 g/mol. The largest absolute Gasteiger partial charge is 0.508 e. The lowest BCUT2D eigenvalue weighted by atomic mass is 10.0. The Bertz CT molecular complexity index is 1540. The van der Waals surface area contributed by atoms with Gasteiger partial charge in [-0.3, -0.25) is 33.6 Å². The normalized spacial score (nSPS) is 21.7. The lowest BCUT2D eigenvalue weighted by molar-refractivity contribution is -0.133. The number of unbranched alkanes of at least 4 members (excludes halogenated alkanes) is 1. The second kappa shape index (κ2) is 21.0. The van der Waals surface area contributed by atoms with Crippen molar-refractivity contribution < 1.29 is 38.7 Å². The number of phenolic OH excluding ortho intramolecular Hbond substituents is 1. The third-order valence-corrected chi connectivity index (χ3v) is 8.17. The molecule has 1 saturated heterocycles. The molecule has 16 heteroatoms. The van der Waals surface area contributed by atoms with Gasteiger partial charge in [0.15, 0.2) is 0 Å². The summed E-state index contributed by atoms with van der Waals surface area (Å²) in [6, 6.07) is 10.4. The highest BCUT2D eigenvalue weighted by atomic mass is 16.3. The second-order valence-corrected chi connectivity index (χ2v) is 13.0. The smallest absolute Gasteiger partial charge is 0.243 e. The topological polar surface area (TPSA) is 250 Å². The Morgan fingerprint density at radius 3 is 1.71 bits per heavy atom. The van der Waals surface area contributed by atoms with Gasteiger partial charge in [0.1, 0.15) is 29.9 Å². The van der Waals surface area contributed by atoms with Crippen molar-refractivity contribution in [3.63, 3.8) is 0 Å². The first kappa shape index (κ1) is 40.9. The summed E-state index contributed by atoms with van der Waals surface area (Å²) in [4.78, 5) is 92.6. The fraction of sp³-hybridized carbons (Fsp3) is 0.472. The molecular weight excluding hydrogens is 672 g/mol. The Hall–Kier alpha value is -5.51. The Morgan fingerprint density at radius 1 is 0.596 bits per heavy atom. The number of carbonyl (C=O) groups is 7. The number of benzene rings is 2. The molecule has 2 aromatic rings. The van der Waals surface area contributed by atoms with E-state index in [4.69, 9.17) is 5.73 Å². The van der Waals surface area contributed by atoms with E-state index < -0.39 is 85.2 Å². The van der Waals surface area contributed by atoms with Gasteiger partial charge in [-0.05, 0) is 61.4 Å². The van der Waals surface area contributed by atoms with Crippen molar-refractivity contribution in [3.8, 4) is 5.75 Å². The maximum Gasteiger partial charge on any atom is 0.243 e. The van der Waals surface area contributed by atoms with Crippen molar-refractivity contribution in [1.82, 2.24) is 37.2 Å². The van der Waals surface area contributed by atoms with E-state index in [0.29, 0.717) is 24.9 Å².